The Morgan fingerprint density at radius 2 is 1.97 bits per heavy atom. The van der Waals surface area contributed by atoms with Crippen LogP contribution in [0.15, 0.2) is 11.2 Å². The molecule has 1 fully saturated rings. The molecule has 5 rings (SSSR count). The van der Waals surface area contributed by atoms with E-state index in [2.05, 4.69) is 36.0 Å². The van der Waals surface area contributed by atoms with Gasteiger partial charge in [-0.2, -0.15) is 27.1 Å². The number of nitrogens with zero attached hydrogens (tertiary/aromatic N) is 5. The molecule has 1 saturated carbocycles. The fourth-order valence-corrected chi connectivity index (χ4v) is 4.31. The Hall–Kier alpha value is -3.85. The summed E-state index contributed by atoms with van der Waals surface area (Å²) in [5, 5.41) is 12.2. The van der Waals surface area contributed by atoms with E-state index >= 15 is 0 Å². The number of hydrogen-bond donors (Lipinski definition) is 4. The molecule has 198 valence electrons. The van der Waals surface area contributed by atoms with Crippen molar-refractivity contribution in [3.8, 4) is 0 Å². The molecule has 3 aliphatic rings. The molecule has 4 heterocycles. The molecular weight excluding hydrogens is 505 g/mol. The molecule has 2 atom stereocenters. The molecular formula is C21H22F5N9O2. The predicted molar refractivity (Wildman–Crippen MR) is 119 cm³/mol. The summed E-state index contributed by atoms with van der Waals surface area (Å²) in [5.41, 5.74) is 5.30. The van der Waals surface area contributed by atoms with Crippen molar-refractivity contribution in [1.82, 2.24) is 30.4 Å². The third-order valence-corrected chi connectivity index (χ3v) is 6.61. The molecule has 2 amide bonds. The highest BCUT2D eigenvalue weighted by molar-refractivity contribution is 6.08. The lowest BCUT2D eigenvalue weighted by atomic mass is 9.94. The molecule has 0 spiro atoms. The van der Waals surface area contributed by atoms with Crippen LogP contribution < -0.4 is 21.7 Å². The number of nitrogens with two attached hydrogens (primary N) is 1. The predicted octanol–water partition coefficient (Wildman–Crippen LogP) is 2.19. The van der Waals surface area contributed by atoms with Crippen molar-refractivity contribution in [2.24, 2.45) is 18.0 Å². The van der Waals surface area contributed by atoms with Crippen LogP contribution in [0.2, 0.25) is 0 Å². The van der Waals surface area contributed by atoms with Crippen LogP contribution in [0, 0.1) is 5.92 Å². The minimum absolute atomic E-state index is 0.00134. The third kappa shape index (κ3) is 4.13. The number of hydrogen-bond acceptors (Lipinski definition) is 8. The van der Waals surface area contributed by atoms with Gasteiger partial charge in [0.05, 0.1) is 11.8 Å². The van der Waals surface area contributed by atoms with Gasteiger partial charge in [0.15, 0.2) is 11.6 Å². The Morgan fingerprint density at radius 3 is 2.62 bits per heavy atom. The first kappa shape index (κ1) is 24.8. The molecule has 2 aromatic heterocycles. The van der Waals surface area contributed by atoms with Crippen LogP contribution in [0.5, 0.6) is 0 Å². The number of aryl methyl sites for hydroxylation is 1. The first-order chi connectivity index (χ1) is 17.2. The first-order valence-electron chi connectivity index (χ1n) is 11.3. The fourth-order valence-electron chi connectivity index (χ4n) is 4.31. The van der Waals surface area contributed by atoms with Crippen LogP contribution in [0.25, 0.3) is 0 Å². The van der Waals surface area contributed by atoms with Gasteiger partial charge in [-0.25, -0.2) is 15.0 Å². The second-order valence-corrected chi connectivity index (χ2v) is 9.42. The van der Waals surface area contributed by atoms with E-state index in [1.54, 1.807) is 0 Å². The normalized spacial score (nSPS) is 23.1. The number of amidine groups is 1. The van der Waals surface area contributed by atoms with E-state index < -0.39 is 42.4 Å². The summed E-state index contributed by atoms with van der Waals surface area (Å²) in [6, 6.07) is -0.965. The second-order valence-electron chi connectivity index (χ2n) is 9.42. The van der Waals surface area contributed by atoms with E-state index in [4.69, 9.17) is 5.73 Å². The molecule has 0 aromatic carbocycles. The summed E-state index contributed by atoms with van der Waals surface area (Å²) >= 11 is 0. The SMILES string of the molecule is Cn1ncc2c1N=C(CCC(F)(F)C(F)(F)F)NC2c1nc(N)c2c(n1)NC(=O)C2(C)NC(=O)C1CC1. The number of carbonyl (C=O) groups is 2. The Balaban J connectivity index is 1.46. The quantitative estimate of drug-likeness (QED) is 0.420. The van der Waals surface area contributed by atoms with Crippen LogP contribution in [-0.2, 0) is 22.2 Å². The maximum atomic E-state index is 13.5. The minimum Gasteiger partial charge on any atom is -0.383 e. The summed E-state index contributed by atoms with van der Waals surface area (Å²) in [5.74, 6) is -5.95. The van der Waals surface area contributed by atoms with Gasteiger partial charge in [0.1, 0.15) is 29.1 Å². The van der Waals surface area contributed by atoms with Gasteiger partial charge in [-0.15, -0.1) is 0 Å². The van der Waals surface area contributed by atoms with Gasteiger partial charge >= 0.3 is 12.1 Å². The van der Waals surface area contributed by atoms with Crippen LogP contribution in [-0.4, -0.2) is 49.5 Å². The van der Waals surface area contributed by atoms with E-state index in [1.165, 1.54) is 24.9 Å². The number of nitrogen functional groups attached to an aromatic ring is 1. The number of aliphatic imine (C=N–C) groups is 1. The third-order valence-electron chi connectivity index (χ3n) is 6.61. The lowest BCUT2D eigenvalue weighted by Gasteiger charge is -2.27. The molecule has 37 heavy (non-hydrogen) atoms. The Labute approximate surface area is 206 Å². The first-order valence-corrected chi connectivity index (χ1v) is 11.3. The average Bonchev–Trinajstić information content (AvgIpc) is 3.55. The number of rotatable bonds is 6. The van der Waals surface area contributed by atoms with Gasteiger partial charge in [-0.3, -0.25) is 14.3 Å². The molecule has 2 unspecified atom stereocenters. The molecule has 16 heteroatoms. The van der Waals surface area contributed by atoms with Crippen molar-refractivity contribution < 1.29 is 31.5 Å². The van der Waals surface area contributed by atoms with Crippen molar-refractivity contribution in [2.75, 3.05) is 11.1 Å². The maximum Gasteiger partial charge on any atom is 0.453 e. The molecule has 2 aliphatic heterocycles. The molecule has 2 aromatic rings. The van der Waals surface area contributed by atoms with Crippen molar-refractivity contribution in [1.29, 1.82) is 0 Å². The summed E-state index contributed by atoms with van der Waals surface area (Å²) in [4.78, 5) is 38.0. The van der Waals surface area contributed by atoms with Crippen LogP contribution >= 0.6 is 0 Å². The highest BCUT2D eigenvalue weighted by Gasteiger charge is 2.57. The van der Waals surface area contributed by atoms with E-state index in [9.17, 15) is 31.5 Å². The molecule has 0 saturated heterocycles. The maximum absolute atomic E-state index is 13.5. The monoisotopic (exact) mass is 527 g/mol. The van der Waals surface area contributed by atoms with E-state index in [0.29, 0.717) is 5.56 Å². The number of halogens is 5. The molecule has 1 aliphatic carbocycles. The molecule has 5 N–H and O–H groups in total. The van der Waals surface area contributed by atoms with Crippen molar-refractivity contribution in [3.05, 3.63) is 23.1 Å². The van der Waals surface area contributed by atoms with Gasteiger partial charge in [0.25, 0.3) is 5.91 Å². The van der Waals surface area contributed by atoms with Gasteiger partial charge in [0.2, 0.25) is 5.91 Å². The zero-order valence-electron chi connectivity index (χ0n) is 19.6. The number of aromatic nitrogens is 4. The summed E-state index contributed by atoms with van der Waals surface area (Å²) in [6.45, 7) is 1.48. The van der Waals surface area contributed by atoms with Crippen molar-refractivity contribution >= 4 is 35.1 Å². The minimum atomic E-state index is -5.70. The number of fused-ring (bicyclic) bond motifs is 2. The zero-order valence-corrected chi connectivity index (χ0v) is 19.6. The Morgan fingerprint density at radius 1 is 1.27 bits per heavy atom. The van der Waals surface area contributed by atoms with E-state index in [-0.39, 0.29) is 46.5 Å². The molecule has 0 bridgehead atoms. The van der Waals surface area contributed by atoms with E-state index in [1.807, 2.05) is 0 Å². The summed E-state index contributed by atoms with van der Waals surface area (Å²) in [6.07, 6.45) is -5.08. The standard InChI is InChI=1S/C21H22F5N9O2/c1-19(34-17(36)8-3-4-8)11-13(27)31-15(32-14(11)33-18(19)37)12-9-7-28-35(2)16(9)30-10(29-12)5-6-20(22,23)21(24,25)26/h7-8,12H,3-6H2,1-2H3,(H,29,30)(H,34,36)(H3,27,31,32,33,37). The average molecular weight is 527 g/mol. The number of alkyl halides is 5. The smallest absolute Gasteiger partial charge is 0.383 e. The number of amides is 2. The van der Waals surface area contributed by atoms with Crippen molar-refractivity contribution in [2.45, 2.75) is 56.3 Å². The number of carbonyl (C=O) groups excluding carboxylic acids is 2. The van der Waals surface area contributed by atoms with E-state index in [0.717, 1.165) is 12.8 Å². The van der Waals surface area contributed by atoms with Gasteiger partial charge in [0, 0.05) is 31.4 Å². The number of nitrogens with one attached hydrogen (secondary N) is 3. The lowest BCUT2D eigenvalue weighted by Crippen LogP contribution is -2.49. The molecule has 11 nitrogen and oxygen atoms in total. The molecule has 0 radical (unpaired) electrons. The second kappa shape index (κ2) is 8.08. The Bertz CT molecular complexity index is 1330. The Kier molecular flexibility index (Phi) is 5.42. The fraction of sp³-hybridized carbons (Fsp3) is 0.524. The summed E-state index contributed by atoms with van der Waals surface area (Å²) < 4.78 is 66.4. The topological polar surface area (TPSA) is 152 Å². The van der Waals surface area contributed by atoms with Gasteiger partial charge in [-0.05, 0) is 19.8 Å². The lowest BCUT2D eigenvalue weighted by molar-refractivity contribution is -0.283. The van der Waals surface area contributed by atoms with Crippen LogP contribution in [0.1, 0.15) is 55.6 Å². The number of anilines is 2. The van der Waals surface area contributed by atoms with Crippen LogP contribution in [0.3, 0.4) is 0 Å². The van der Waals surface area contributed by atoms with Gasteiger partial charge in [-0.1, -0.05) is 0 Å². The highest BCUT2D eigenvalue weighted by atomic mass is 19.4. The zero-order chi connectivity index (χ0) is 26.9. The van der Waals surface area contributed by atoms with Gasteiger partial charge < -0.3 is 21.7 Å². The van der Waals surface area contributed by atoms with Crippen LogP contribution in [0.4, 0.5) is 39.4 Å². The van der Waals surface area contributed by atoms with Crippen molar-refractivity contribution in [3.63, 3.8) is 0 Å². The summed E-state index contributed by atoms with van der Waals surface area (Å²) in [7, 11) is 1.53. The highest BCUT2D eigenvalue weighted by Crippen LogP contribution is 2.42. The largest absolute Gasteiger partial charge is 0.453 e.